The van der Waals surface area contributed by atoms with Crippen LogP contribution in [0.25, 0.3) is 21.8 Å². The molecule has 0 radical (unpaired) electrons. The molecule has 0 spiro atoms. The summed E-state index contributed by atoms with van der Waals surface area (Å²) in [7, 11) is 0. The van der Waals surface area contributed by atoms with Gasteiger partial charge < -0.3 is 10.3 Å². The lowest BCUT2D eigenvalue weighted by Gasteiger charge is -2.05. The van der Waals surface area contributed by atoms with E-state index in [2.05, 4.69) is 47.9 Å². The van der Waals surface area contributed by atoms with Crippen LogP contribution in [0.2, 0.25) is 0 Å². The monoisotopic (exact) mass is 224 g/mol. The summed E-state index contributed by atoms with van der Waals surface area (Å²) in [6.45, 7) is 3.24. The number of hydrogen-bond acceptors (Lipinski definition) is 1. The molecule has 86 valence electrons. The second-order valence-corrected chi connectivity index (χ2v) is 4.45. The summed E-state index contributed by atoms with van der Waals surface area (Å²) in [6.07, 6.45) is 1.13. The van der Waals surface area contributed by atoms with Crippen LogP contribution in [-0.2, 0) is 6.54 Å². The lowest BCUT2D eigenvalue weighted by Crippen LogP contribution is -1.96. The Hall–Kier alpha value is -1.96. The second kappa shape index (κ2) is 3.81. The zero-order valence-electron chi connectivity index (χ0n) is 9.98. The van der Waals surface area contributed by atoms with Crippen LogP contribution in [0.5, 0.6) is 0 Å². The third kappa shape index (κ3) is 1.48. The van der Waals surface area contributed by atoms with E-state index in [4.69, 9.17) is 5.73 Å². The van der Waals surface area contributed by atoms with Gasteiger partial charge in [-0.3, -0.25) is 0 Å². The number of anilines is 1. The normalized spacial score (nSPS) is 11.4. The fourth-order valence-electron chi connectivity index (χ4n) is 2.53. The molecule has 0 atom stereocenters. The molecule has 3 rings (SSSR count). The van der Waals surface area contributed by atoms with Gasteiger partial charge >= 0.3 is 0 Å². The summed E-state index contributed by atoms with van der Waals surface area (Å²) in [6, 6.07) is 14.7. The number of fused-ring (bicyclic) bond motifs is 3. The Bertz CT molecular complexity index is 680. The van der Waals surface area contributed by atoms with Crippen LogP contribution >= 0.6 is 0 Å². The Morgan fingerprint density at radius 2 is 1.76 bits per heavy atom. The third-order valence-corrected chi connectivity index (χ3v) is 3.24. The highest BCUT2D eigenvalue weighted by molar-refractivity contribution is 6.08. The van der Waals surface area contributed by atoms with E-state index < -0.39 is 0 Å². The fraction of sp³-hybridized carbons (Fsp3) is 0.200. The van der Waals surface area contributed by atoms with Gasteiger partial charge in [0.2, 0.25) is 0 Å². The summed E-state index contributed by atoms with van der Waals surface area (Å²) in [5, 5.41) is 2.61. The predicted octanol–water partition coefficient (Wildman–Crippen LogP) is 3.79. The minimum atomic E-state index is 0.831. The number of rotatable bonds is 2. The molecule has 3 aromatic rings. The van der Waals surface area contributed by atoms with E-state index in [9.17, 15) is 0 Å². The molecule has 2 nitrogen and oxygen atoms in total. The average molecular weight is 224 g/mol. The Kier molecular flexibility index (Phi) is 2.29. The highest BCUT2D eigenvalue weighted by atomic mass is 15.0. The van der Waals surface area contributed by atoms with Crippen molar-refractivity contribution in [2.75, 3.05) is 5.73 Å². The number of benzene rings is 2. The molecular weight excluding hydrogens is 208 g/mol. The number of nitrogens with zero attached hydrogens (tertiary/aromatic N) is 1. The third-order valence-electron chi connectivity index (χ3n) is 3.24. The molecule has 0 saturated carbocycles. The molecule has 2 N–H and O–H groups in total. The average Bonchev–Trinajstić information content (AvgIpc) is 2.65. The maximum Gasteiger partial charge on any atom is 0.0512 e. The topological polar surface area (TPSA) is 30.9 Å². The van der Waals surface area contributed by atoms with Crippen molar-refractivity contribution in [3.8, 4) is 0 Å². The number of nitrogen functional groups attached to an aromatic ring is 1. The maximum absolute atomic E-state index is 5.90. The van der Waals surface area contributed by atoms with E-state index in [1.165, 1.54) is 21.8 Å². The molecule has 0 fully saturated rings. The molecule has 0 aliphatic rings. The fourth-order valence-corrected chi connectivity index (χ4v) is 2.53. The summed E-state index contributed by atoms with van der Waals surface area (Å²) in [5.74, 6) is 0. The van der Waals surface area contributed by atoms with E-state index in [-0.39, 0.29) is 0 Å². The SMILES string of the molecule is CCCn1c2ccccc2c2ccc(N)cc21. The van der Waals surface area contributed by atoms with E-state index >= 15 is 0 Å². The number of aryl methyl sites for hydroxylation is 1. The summed E-state index contributed by atoms with van der Waals surface area (Å²) in [4.78, 5) is 0. The van der Waals surface area contributed by atoms with Gasteiger partial charge in [-0.05, 0) is 24.6 Å². The zero-order valence-corrected chi connectivity index (χ0v) is 9.98. The summed E-state index contributed by atoms with van der Waals surface area (Å²) < 4.78 is 2.36. The summed E-state index contributed by atoms with van der Waals surface area (Å²) in [5.41, 5.74) is 9.27. The second-order valence-electron chi connectivity index (χ2n) is 4.45. The van der Waals surface area contributed by atoms with E-state index in [0.717, 1.165) is 18.7 Å². The number of aromatic nitrogens is 1. The van der Waals surface area contributed by atoms with Gasteiger partial charge in [0.15, 0.2) is 0 Å². The van der Waals surface area contributed by atoms with Crippen LogP contribution in [0.1, 0.15) is 13.3 Å². The Morgan fingerprint density at radius 1 is 1.00 bits per heavy atom. The van der Waals surface area contributed by atoms with Gasteiger partial charge in [0.1, 0.15) is 0 Å². The highest BCUT2D eigenvalue weighted by Gasteiger charge is 2.09. The van der Waals surface area contributed by atoms with Gasteiger partial charge in [0, 0.05) is 28.5 Å². The standard InChI is InChI=1S/C15H16N2/c1-2-9-17-14-6-4-3-5-12(14)13-8-7-11(16)10-15(13)17/h3-8,10H,2,9,16H2,1H3. The van der Waals surface area contributed by atoms with E-state index in [0.29, 0.717) is 0 Å². The number of nitrogens with two attached hydrogens (primary N) is 1. The van der Waals surface area contributed by atoms with Crippen molar-refractivity contribution in [3.63, 3.8) is 0 Å². The molecule has 2 aromatic carbocycles. The molecule has 0 aliphatic carbocycles. The Morgan fingerprint density at radius 3 is 2.59 bits per heavy atom. The first-order chi connectivity index (χ1) is 8.31. The van der Waals surface area contributed by atoms with Gasteiger partial charge in [-0.25, -0.2) is 0 Å². The lowest BCUT2D eigenvalue weighted by molar-refractivity contribution is 0.724. The first-order valence-corrected chi connectivity index (χ1v) is 6.07. The van der Waals surface area contributed by atoms with Crippen LogP contribution < -0.4 is 5.73 Å². The molecule has 1 aromatic heterocycles. The molecule has 0 aliphatic heterocycles. The minimum Gasteiger partial charge on any atom is -0.399 e. The number of hydrogen-bond donors (Lipinski definition) is 1. The van der Waals surface area contributed by atoms with Gasteiger partial charge in [-0.2, -0.15) is 0 Å². The highest BCUT2D eigenvalue weighted by Crippen LogP contribution is 2.30. The maximum atomic E-state index is 5.90. The predicted molar refractivity (Wildman–Crippen MR) is 74.1 cm³/mol. The molecule has 2 heteroatoms. The van der Waals surface area contributed by atoms with Gasteiger partial charge in [-0.15, -0.1) is 0 Å². The summed E-state index contributed by atoms with van der Waals surface area (Å²) >= 11 is 0. The van der Waals surface area contributed by atoms with Crippen LogP contribution in [0.3, 0.4) is 0 Å². The van der Waals surface area contributed by atoms with Gasteiger partial charge in [0.05, 0.1) is 5.52 Å². The Labute approximate surface area is 101 Å². The van der Waals surface area contributed by atoms with Crippen LogP contribution in [0.4, 0.5) is 5.69 Å². The van der Waals surface area contributed by atoms with E-state index in [1.54, 1.807) is 0 Å². The van der Waals surface area contributed by atoms with Crippen molar-refractivity contribution >= 4 is 27.5 Å². The van der Waals surface area contributed by atoms with Crippen molar-refractivity contribution in [1.82, 2.24) is 4.57 Å². The molecule has 0 amide bonds. The first-order valence-electron chi connectivity index (χ1n) is 6.07. The van der Waals surface area contributed by atoms with Crippen LogP contribution in [-0.4, -0.2) is 4.57 Å². The van der Waals surface area contributed by atoms with Crippen molar-refractivity contribution in [2.24, 2.45) is 0 Å². The first kappa shape index (κ1) is 10.2. The van der Waals surface area contributed by atoms with Crippen molar-refractivity contribution < 1.29 is 0 Å². The smallest absolute Gasteiger partial charge is 0.0512 e. The molecule has 0 bridgehead atoms. The van der Waals surface area contributed by atoms with Gasteiger partial charge in [-0.1, -0.05) is 31.2 Å². The molecule has 0 saturated heterocycles. The quantitative estimate of drug-likeness (QED) is 0.660. The van der Waals surface area contributed by atoms with Gasteiger partial charge in [0.25, 0.3) is 0 Å². The van der Waals surface area contributed by atoms with E-state index in [1.807, 2.05) is 6.07 Å². The van der Waals surface area contributed by atoms with Crippen LogP contribution in [0, 0.1) is 0 Å². The largest absolute Gasteiger partial charge is 0.399 e. The minimum absolute atomic E-state index is 0.831. The number of para-hydroxylation sites is 1. The van der Waals surface area contributed by atoms with Crippen molar-refractivity contribution in [2.45, 2.75) is 19.9 Å². The molecule has 17 heavy (non-hydrogen) atoms. The van der Waals surface area contributed by atoms with Crippen molar-refractivity contribution in [1.29, 1.82) is 0 Å². The Balaban J connectivity index is 2.48. The van der Waals surface area contributed by atoms with Crippen molar-refractivity contribution in [3.05, 3.63) is 42.5 Å². The lowest BCUT2D eigenvalue weighted by atomic mass is 10.1. The molecular formula is C15H16N2. The van der Waals surface area contributed by atoms with Crippen LogP contribution in [0.15, 0.2) is 42.5 Å². The molecule has 1 heterocycles. The zero-order chi connectivity index (χ0) is 11.8. The molecule has 0 unspecified atom stereocenters.